The van der Waals surface area contributed by atoms with Gasteiger partial charge in [-0.05, 0) is 20.2 Å². The Morgan fingerprint density at radius 3 is 2.23 bits per heavy atom. The molecule has 0 fully saturated rings. The Balaban J connectivity index is 2.83. The SMILES string of the molecule is CN(CCCl)P(=O)(OCc1ccc([N+](=O)[O-])o1)N(C)CCCl. The van der Waals surface area contributed by atoms with Crippen LogP contribution in [0.4, 0.5) is 5.88 Å². The van der Waals surface area contributed by atoms with E-state index in [1.54, 1.807) is 14.1 Å². The fourth-order valence-electron chi connectivity index (χ4n) is 1.65. The smallest absolute Gasteiger partial charge is 0.403 e. The number of alkyl halides is 2. The molecule has 8 nitrogen and oxygen atoms in total. The summed E-state index contributed by atoms with van der Waals surface area (Å²) in [6.45, 7) is 0.540. The van der Waals surface area contributed by atoms with Crippen molar-refractivity contribution < 1.29 is 18.4 Å². The van der Waals surface area contributed by atoms with Crippen molar-refractivity contribution in [3.05, 3.63) is 28.0 Å². The van der Waals surface area contributed by atoms with Crippen LogP contribution in [0.2, 0.25) is 0 Å². The van der Waals surface area contributed by atoms with E-state index in [2.05, 4.69) is 0 Å². The molecule has 126 valence electrons. The number of hydrogen-bond acceptors (Lipinski definition) is 5. The quantitative estimate of drug-likeness (QED) is 0.269. The first-order valence-corrected chi connectivity index (χ1v) is 8.98. The standard InChI is InChI=1S/C11H18Cl2N3O5P/c1-14(7-5-12)22(19,15(2)8-6-13)20-9-10-3-4-11(21-10)16(17)18/h3-4H,5-9H2,1-2H3. The molecule has 0 N–H and O–H groups in total. The molecule has 0 saturated carbocycles. The summed E-state index contributed by atoms with van der Waals surface area (Å²) in [5.41, 5.74) is 0. The van der Waals surface area contributed by atoms with Crippen molar-refractivity contribution in [2.24, 2.45) is 0 Å². The lowest BCUT2D eigenvalue weighted by Crippen LogP contribution is -2.30. The first-order chi connectivity index (χ1) is 10.3. The summed E-state index contributed by atoms with van der Waals surface area (Å²) < 4.78 is 26.5. The number of halogens is 2. The summed E-state index contributed by atoms with van der Waals surface area (Å²) in [6.07, 6.45) is 0. The topological polar surface area (TPSA) is 89.1 Å². The zero-order valence-corrected chi connectivity index (χ0v) is 14.7. The Morgan fingerprint density at radius 1 is 1.27 bits per heavy atom. The van der Waals surface area contributed by atoms with Crippen LogP contribution in [0.1, 0.15) is 5.76 Å². The molecule has 0 amide bonds. The van der Waals surface area contributed by atoms with Gasteiger partial charge in [0.05, 0.1) is 6.07 Å². The number of nitrogens with zero attached hydrogens (tertiary/aromatic N) is 3. The molecule has 0 aromatic carbocycles. The minimum atomic E-state index is -3.35. The van der Waals surface area contributed by atoms with Crippen LogP contribution in [0.5, 0.6) is 0 Å². The molecule has 1 rings (SSSR count). The highest BCUT2D eigenvalue weighted by molar-refractivity contribution is 7.53. The Morgan fingerprint density at radius 2 is 1.82 bits per heavy atom. The van der Waals surface area contributed by atoms with Gasteiger partial charge >= 0.3 is 13.6 Å². The predicted molar refractivity (Wildman–Crippen MR) is 84.5 cm³/mol. The summed E-state index contributed by atoms with van der Waals surface area (Å²) in [5.74, 6) is 0.386. The minimum absolute atomic E-state index is 0.162. The Hall–Kier alpha value is -0.630. The van der Waals surface area contributed by atoms with Crippen LogP contribution < -0.4 is 0 Å². The van der Waals surface area contributed by atoms with E-state index in [4.69, 9.17) is 32.1 Å². The van der Waals surface area contributed by atoms with Gasteiger partial charge in [0.2, 0.25) is 0 Å². The fourth-order valence-corrected chi connectivity index (χ4v) is 4.30. The highest BCUT2D eigenvalue weighted by atomic mass is 35.5. The van der Waals surface area contributed by atoms with Gasteiger partial charge in [0.25, 0.3) is 0 Å². The maximum absolute atomic E-state index is 13.0. The first-order valence-electron chi connectivity index (χ1n) is 6.38. The highest BCUT2D eigenvalue weighted by Crippen LogP contribution is 2.53. The third kappa shape index (κ3) is 4.94. The van der Waals surface area contributed by atoms with Gasteiger partial charge in [0.15, 0.2) is 0 Å². The predicted octanol–water partition coefficient (Wildman–Crippen LogP) is 3.15. The van der Waals surface area contributed by atoms with Gasteiger partial charge in [-0.3, -0.25) is 19.2 Å². The van der Waals surface area contributed by atoms with Crippen LogP contribution in [-0.4, -0.2) is 53.2 Å². The Bertz CT molecular complexity index is 526. The summed E-state index contributed by atoms with van der Waals surface area (Å²) in [7, 11) is -0.0995. The maximum atomic E-state index is 13.0. The number of rotatable bonds is 10. The maximum Gasteiger partial charge on any atom is 0.433 e. The second kappa shape index (κ2) is 8.86. The van der Waals surface area contributed by atoms with Gasteiger partial charge in [-0.2, -0.15) is 0 Å². The molecule has 0 unspecified atom stereocenters. The lowest BCUT2D eigenvalue weighted by atomic mass is 10.5. The summed E-state index contributed by atoms with van der Waals surface area (Å²) in [5, 5.41) is 10.6. The molecule has 0 aliphatic rings. The zero-order valence-electron chi connectivity index (χ0n) is 12.3. The van der Waals surface area contributed by atoms with Crippen LogP contribution in [0, 0.1) is 10.1 Å². The molecule has 11 heteroatoms. The van der Waals surface area contributed by atoms with Gasteiger partial charge in [0.1, 0.15) is 17.3 Å². The zero-order chi connectivity index (χ0) is 16.8. The largest absolute Gasteiger partial charge is 0.433 e. The summed E-state index contributed by atoms with van der Waals surface area (Å²) in [4.78, 5) is 9.92. The van der Waals surface area contributed by atoms with Gasteiger partial charge in [-0.1, -0.05) is 0 Å². The molecule has 0 bridgehead atoms. The molecule has 0 aliphatic carbocycles. The molecule has 1 heterocycles. The van der Waals surface area contributed by atoms with Gasteiger partial charge < -0.3 is 4.42 Å². The molecule has 1 aromatic heterocycles. The lowest BCUT2D eigenvalue weighted by molar-refractivity contribution is -0.402. The highest BCUT2D eigenvalue weighted by Gasteiger charge is 2.34. The molecule has 0 saturated heterocycles. The van der Waals surface area contributed by atoms with Crippen molar-refractivity contribution in [3.8, 4) is 0 Å². The first kappa shape index (κ1) is 19.4. The van der Waals surface area contributed by atoms with E-state index in [0.717, 1.165) is 0 Å². The summed E-state index contributed by atoms with van der Waals surface area (Å²) >= 11 is 11.4. The van der Waals surface area contributed by atoms with Crippen LogP contribution in [0.15, 0.2) is 16.5 Å². The molecular formula is C11H18Cl2N3O5P. The van der Waals surface area contributed by atoms with Crippen molar-refractivity contribution in [1.82, 2.24) is 9.34 Å². The van der Waals surface area contributed by atoms with Crippen LogP contribution in [-0.2, 0) is 15.7 Å². The summed E-state index contributed by atoms with van der Waals surface area (Å²) in [6, 6.07) is 2.63. The number of hydrogen-bond donors (Lipinski definition) is 0. The van der Waals surface area contributed by atoms with E-state index in [-0.39, 0.29) is 24.1 Å². The molecule has 1 aromatic rings. The van der Waals surface area contributed by atoms with Crippen molar-refractivity contribution in [2.45, 2.75) is 6.61 Å². The van der Waals surface area contributed by atoms with Crippen molar-refractivity contribution in [1.29, 1.82) is 0 Å². The molecule has 0 radical (unpaired) electrons. The number of furan rings is 1. The van der Waals surface area contributed by atoms with Crippen molar-refractivity contribution >= 4 is 36.8 Å². The van der Waals surface area contributed by atoms with E-state index in [1.165, 1.54) is 21.5 Å². The molecule has 22 heavy (non-hydrogen) atoms. The number of nitro groups is 1. The van der Waals surface area contributed by atoms with Crippen molar-refractivity contribution in [3.63, 3.8) is 0 Å². The molecular weight excluding hydrogens is 356 g/mol. The Kier molecular flexibility index (Phi) is 7.82. The fraction of sp³-hybridized carbons (Fsp3) is 0.636. The molecule has 0 aliphatic heterocycles. The molecule has 0 spiro atoms. The van der Waals surface area contributed by atoms with E-state index < -0.39 is 18.5 Å². The second-order valence-corrected chi connectivity index (χ2v) is 7.76. The average molecular weight is 374 g/mol. The second-order valence-electron chi connectivity index (χ2n) is 4.40. The Labute approximate surface area is 138 Å². The van der Waals surface area contributed by atoms with Crippen molar-refractivity contribution in [2.75, 3.05) is 38.9 Å². The molecule has 0 atom stereocenters. The van der Waals surface area contributed by atoms with Gasteiger partial charge in [-0.15, -0.1) is 23.2 Å². The normalized spacial score (nSPS) is 12.3. The van der Waals surface area contributed by atoms with E-state index in [0.29, 0.717) is 13.1 Å². The van der Waals surface area contributed by atoms with Crippen LogP contribution in [0.3, 0.4) is 0 Å². The van der Waals surface area contributed by atoms with Gasteiger partial charge in [-0.25, -0.2) is 9.34 Å². The average Bonchev–Trinajstić information content (AvgIpc) is 2.94. The van der Waals surface area contributed by atoms with E-state index >= 15 is 0 Å². The third-order valence-electron chi connectivity index (χ3n) is 2.88. The third-order valence-corrected chi connectivity index (χ3v) is 5.81. The minimum Gasteiger partial charge on any atom is -0.403 e. The van der Waals surface area contributed by atoms with Gasteiger partial charge in [0, 0.05) is 24.8 Å². The monoisotopic (exact) mass is 373 g/mol. The van der Waals surface area contributed by atoms with Crippen LogP contribution >= 0.6 is 30.9 Å². The van der Waals surface area contributed by atoms with E-state index in [1.807, 2.05) is 0 Å². The van der Waals surface area contributed by atoms with Crippen LogP contribution in [0.25, 0.3) is 0 Å². The lowest BCUT2D eigenvalue weighted by Gasteiger charge is -2.33. The van der Waals surface area contributed by atoms with E-state index in [9.17, 15) is 14.7 Å².